The molecule has 2 heterocycles. The van der Waals surface area contributed by atoms with E-state index < -0.39 is 5.97 Å². The minimum Gasteiger partial charge on any atom is -0.493 e. The number of hydrogen-bond donors (Lipinski definition) is 1. The Morgan fingerprint density at radius 2 is 1.04 bits per heavy atom. The number of benzene rings is 5. The highest BCUT2D eigenvalue weighted by molar-refractivity contribution is 7.24. The van der Waals surface area contributed by atoms with Crippen molar-refractivity contribution in [3.8, 4) is 59.7 Å². The number of ether oxygens (including phenoxy) is 3. The average Bonchev–Trinajstić information content (AvgIpc) is 4.35. The van der Waals surface area contributed by atoms with Crippen LogP contribution >= 0.6 is 22.7 Å². The molecule has 0 spiro atoms. The predicted octanol–water partition coefficient (Wildman–Crippen LogP) is 20.7. The van der Waals surface area contributed by atoms with Gasteiger partial charge in [-0.1, -0.05) is 154 Å². The van der Waals surface area contributed by atoms with E-state index in [1.165, 1.54) is 69.8 Å². The summed E-state index contributed by atoms with van der Waals surface area (Å²) in [7, 11) is 0. The van der Waals surface area contributed by atoms with E-state index in [9.17, 15) is 9.90 Å². The maximum Gasteiger partial charge on any atom is 0.333 e. The maximum atomic E-state index is 12.0. The van der Waals surface area contributed by atoms with Gasteiger partial charge in [-0.3, -0.25) is 4.79 Å². The molecule has 0 fully saturated rings. The summed E-state index contributed by atoms with van der Waals surface area (Å²) in [6.07, 6.45) is 19.3. The summed E-state index contributed by atoms with van der Waals surface area (Å²) in [4.78, 5) is 22.3. The van der Waals surface area contributed by atoms with Crippen LogP contribution in [0.25, 0.3) is 53.4 Å². The van der Waals surface area contributed by atoms with E-state index in [1.807, 2.05) is 17.4 Å². The van der Waals surface area contributed by atoms with Gasteiger partial charge in [-0.25, -0.2) is 4.85 Å². The van der Waals surface area contributed by atoms with Gasteiger partial charge < -0.3 is 24.2 Å². The lowest BCUT2D eigenvalue weighted by atomic mass is 9.71. The highest BCUT2D eigenvalue weighted by Gasteiger charge is 2.45. The molecule has 7 aromatic rings. The molecule has 7 nitrogen and oxygen atoms in total. The van der Waals surface area contributed by atoms with Gasteiger partial charge >= 0.3 is 5.97 Å². The normalized spacial score (nSPS) is 12.5. The number of carbonyl (C=O) groups is 1. The second kappa shape index (κ2) is 27.6. The Bertz CT molecular complexity index is 3090. The van der Waals surface area contributed by atoms with Crippen molar-refractivity contribution in [3.63, 3.8) is 0 Å². The van der Waals surface area contributed by atoms with Crippen LogP contribution in [-0.4, -0.2) is 30.9 Å². The Hall–Kier alpha value is -6.60. The fraction of sp³-hybridized carbons (Fsp3) is 0.382. The molecule has 77 heavy (non-hydrogen) atoms. The van der Waals surface area contributed by atoms with Gasteiger partial charge in [0.2, 0.25) is 0 Å². The molecule has 0 saturated carbocycles. The van der Waals surface area contributed by atoms with Gasteiger partial charge in [-0.15, -0.1) is 22.7 Å². The van der Waals surface area contributed by atoms with E-state index in [0.29, 0.717) is 19.8 Å². The number of anilines is 3. The van der Waals surface area contributed by atoms with Gasteiger partial charge in [-0.05, 0) is 145 Å². The Labute approximate surface area is 467 Å². The summed E-state index contributed by atoms with van der Waals surface area (Å²) in [5.41, 5.74) is 12.1. The second-order valence-corrected chi connectivity index (χ2v) is 22.8. The van der Waals surface area contributed by atoms with Crippen molar-refractivity contribution in [2.45, 2.75) is 150 Å². The summed E-state index contributed by atoms with van der Waals surface area (Å²) in [5.74, 6) is 1.39. The highest BCUT2D eigenvalue weighted by atomic mass is 32.1. The standard InChI is InChI=1S/C68H78N2O5S2/c1-8-13-18-20-38-68(39-21-19-14-9-2)59-45-56(46-61(69-7)67(71)72)76-65(59)66-60(68)47-64(77-66)51-27-33-54(34-28-51)70(52-29-23-49(24-30-52)57-36-22-48(6)43-62(57)74-41-16-11-4)53-31-25-50(26-32-53)58-37-35-55(73-40-15-10-3)44-63(58)75-42-17-12-5/h22-37,43-47H,8-21,38-42H2,1-6H3,(H,71,72)/b61-46-. The summed E-state index contributed by atoms with van der Waals surface area (Å²) >= 11 is 3.49. The number of carboxylic acids is 1. The molecule has 1 aliphatic carbocycles. The Kier molecular flexibility index (Phi) is 20.3. The van der Waals surface area contributed by atoms with Crippen LogP contribution in [0.3, 0.4) is 0 Å². The lowest BCUT2D eigenvalue weighted by molar-refractivity contribution is -0.132. The number of rotatable bonds is 30. The number of aryl methyl sites for hydroxylation is 1. The largest absolute Gasteiger partial charge is 0.493 e. The van der Waals surface area contributed by atoms with Gasteiger partial charge in [-0.2, -0.15) is 0 Å². The maximum absolute atomic E-state index is 12.0. The van der Waals surface area contributed by atoms with Crippen molar-refractivity contribution < 1.29 is 24.1 Å². The number of nitrogens with zero attached hydrogens (tertiary/aromatic N) is 2. The third-order valence-electron chi connectivity index (χ3n) is 14.9. The van der Waals surface area contributed by atoms with Gasteiger partial charge in [0.25, 0.3) is 5.70 Å². The average molecular weight is 1070 g/mol. The second-order valence-electron chi connectivity index (χ2n) is 20.6. The number of carboxylic acid groups (broad SMARTS) is 1. The van der Waals surface area contributed by atoms with Gasteiger partial charge in [0, 0.05) is 59.2 Å². The minimum absolute atomic E-state index is 0.159. The van der Waals surface area contributed by atoms with Crippen LogP contribution in [0.1, 0.15) is 159 Å². The molecule has 0 aliphatic heterocycles. The van der Waals surface area contributed by atoms with E-state index in [2.05, 4.69) is 167 Å². The third-order valence-corrected chi connectivity index (χ3v) is 17.3. The van der Waals surface area contributed by atoms with Crippen LogP contribution in [-0.2, 0) is 10.2 Å². The summed E-state index contributed by atoms with van der Waals surface area (Å²) in [6.45, 7) is 22.8. The smallest absolute Gasteiger partial charge is 0.333 e. The first-order chi connectivity index (χ1) is 37.6. The SMILES string of the molecule is [C-]#[N+]/C(=C\c1cc2c(s1)-c1sc(-c3ccc(N(c4ccc(-c5ccc(C)cc5OCCCC)cc4)c4ccc(-c5ccc(OCCCC)cc5OCCCC)cc4)cc3)cc1C2(CCCCCC)CCCCCC)C(=O)O. The first kappa shape index (κ1) is 56.6. The zero-order valence-corrected chi connectivity index (χ0v) is 48.0. The van der Waals surface area contributed by atoms with Crippen LogP contribution < -0.4 is 19.1 Å². The zero-order chi connectivity index (χ0) is 54.2. The molecule has 0 saturated heterocycles. The predicted molar refractivity (Wildman–Crippen MR) is 325 cm³/mol. The molecule has 1 aliphatic rings. The van der Waals surface area contributed by atoms with Crippen LogP contribution in [0, 0.1) is 13.5 Å². The number of thiophene rings is 2. The highest BCUT2D eigenvalue weighted by Crippen LogP contribution is 2.61. The van der Waals surface area contributed by atoms with Gasteiger partial charge in [0.1, 0.15) is 17.2 Å². The molecular weight excluding hydrogens is 989 g/mol. The molecule has 9 heteroatoms. The van der Waals surface area contributed by atoms with Crippen LogP contribution in [0.5, 0.6) is 17.2 Å². The lowest BCUT2D eigenvalue weighted by Crippen LogP contribution is -2.25. The number of hydrogen-bond acceptors (Lipinski definition) is 7. The van der Waals surface area contributed by atoms with Crippen molar-refractivity contribution >= 4 is 51.8 Å². The number of aliphatic carboxylic acids is 1. The first-order valence-corrected chi connectivity index (χ1v) is 30.1. The summed E-state index contributed by atoms with van der Waals surface area (Å²) < 4.78 is 18.9. The van der Waals surface area contributed by atoms with Gasteiger partial charge in [0.15, 0.2) is 0 Å². The quantitative estimate of drug-likeness (QED) is 0.0275. The molecule has 402 valence electrons. The molecular formula is C68H78N2O5S2. The van der Waals surface area contributed by atoms with Crippen LogP contribution in [0.15, 0.2) is 127 Å². The Morgan fingerprint density at radius 1 is 0.558 bits per heavy atom. The van der Waals surface area contributed by atoms with Gasteiger partial charge in [0.05, 0.1) is 26.4 Å². The molecule has 0 atom stereocenters. The summed E-state index contributed by atoms with van der Waals surface area (Å²) in [5, 5.41) is 9.83. The van der Waals surface area contributed by atoms with Crippen molar-refractivity contribution in [2.24, 2.45) is 0 Å². The van der Waals surface area contributed by atoms with Crippen molar-refractivity contribution in [3.05, 3.63) is 160 Å². The minimum atomic E-state index is -1.19. The molecule has 0 unspecified atom stereocenters. The monoisotopic (exact) mass is 1070 g/mol. The van der Waals surface area contributed by atoms with E-state index in [4.69, 9.17) is 20.8 Å². The van der Waals surface area contributed by atoms with E-state index >= 15 is 0 Å². The van der Waals surface area contributed by atoms with Crippen LogP contribution in [0.4, 0.5) is 17.1 Å². The third kappa shape index (κ3) is 13.6. The Balaban J connectivity index is 1.18. The van der Waals surface area contributed by atoms with Crippen LogP contribution in [0.2, 0.25) is 0 Å². The molecule has 8 rings (SSSR count). The van der Waals surface area contributed by atoms with E-state index in [1.54, 1.807) is 17.4 Å². The number of unbranched alkanes of at least 4 members (excludes halogenated alkanes) is 9. The van der Waals surface area contributed by atoms with Crippen molar-refractivity contribution in [2.75, 3.05) is 24.7 Å². The Morgan fingerprint density at radius 3 is 1.56 bits per heavy atom. The first-order valence-electron chi connectivity index (χ1n) is 28.5. The van der Waals surface area contributed by atoms with Crippen molar-refractivity contribution in [1.82, 2.24) is 0 Å². The molecule has 5 aromatic carbocycles. The van der Waals surface area contributed by atoms with E-state index in [0.717, 1.165) is 131 Å². The van der Waals surface area contributed by atoms with Crippen molar-refractivity contribution in [1.29, 1.82) is 0 Å². The number of fused-ring (bicyclic) bond motifs is 3. The molecule has 0 radical (unpaired) electrons. The van der Waals surface area contributed by atoms with E-state index in [-0.39, 0.29) is 11.1 Å². The molecule has 1 N–H and O–H groups in total. The topological polar surface area (TPSA) is 72.6 Å². The molecule has 2 aromatic heterocycles. The molecule has 0 amide bonds. The fourth-order valence-corrected chi connectivity index (χ4v) is 13.2. The molecule has 0 bridgehead atoms. The lowest BCUT2D eigenvalue weighted by Gasteiger charge is -2.31. The summed E-state index contributed by atoms with van der Waals surface area (Å²) in [6, 6.07) is 44.1. The fourth-order valence-electron chi connectivity index (χ4n) is 10.6. The zero-order valence-electron chi connectivity index (χ0n) is 46.4.